The Bertz CT molecular complexity index is 626. The number of methoxy groups -OCH3 is 3. The van der Waals surface area contributed by atoms with Gasteiger partial charge in [0, 0.05) is 17.8 Å². The van der Waals surface area contributed by atoms with Crippen molar-refractivity contribution >= 4 is 28.8 Å². The van der Waals surface area contributed by atoms with E-state index in [1.54, 1.807) is 12.1 Å². The summed E-state index contributed by atoms with van der Waals surface area (Å²) >= 11 is 5.76. The first-order chi connectivity index (χ1) is 10.1. The van der Waals surface area contributed by atoms with E-state index in [2.05, 4.69) is 15.3 Å². The van der Waals surface area contributed by atoms with Crippen molar-refractivity contribution in [1.29, 1.82) is 0 Å². The van der Waals surface area contributed by atoms with E-state index in [9.17, 15) is 0 Å². The van der Waals surface area contributed by atoms with E-state index < -0.39 is 0 Å². The molecule has 0 amide bonds. The van der Waals surface area contributed by atoms with Gasteiger partial charge in [0.15, 0.2) is 17.3 Å². The maximum absolute atomic E-state index is 5.80. The Morgan fingerprint density at radius 3 is 2.24 bits per heavy atom. The van der Waals surface area contributed by atoms with Crippen LogP contribution in [-0.2, 0) is 0 Å². The van der Waals surface area contributed by atoms with Gasteiger partial charge in [-0.3, -0.25) is 0 Å². The van der Waals surface area contributed by atoms with Crippen LogP contribution in [0.5, 0.6) is 17.2 Å². The van der Waals surface area contributed by atoms with E-state index in [0.29, 0.717) is 34.4 Å². The number of hydrogen-bond acceptors (Lipinski definition) is 7. The van der Waals surface area contributed by atoms with Gasteiger partial charge in [-0.25, -0.2) is 4.98 Å². The number of aromatic nitrogens is 2. The normalized spacial score (nSPS) is 10.1. The summed E-state index contributed by atoms with van der Waals surface area (Å²) in [6.45, 7) is 0. The van der Waals surface area contributed by atoms with Gasteiger partial charge in [0.05, 0.1) is 33.2 Å². The number of benzene rings is 1. The molecule has 3 N–H and O–H groups in total. The van der Waals surface area contributed by atoms with Crippen molar-refractivity contribution in [2.24, 2.45) is 0 Å². The molecule has 1 aromatic heterocycles. The molecule has 0 unspecified atom stereocenters. The van der Waals surface area contributed by atoms with Crippen molar-refractivity contribution in [1.82, 2.24) is 9.97 Å². The van der Waals surface area contributed by atoms with Gasteiger partial charge in [0.1, 0.15) is 0 Å². The summed E-state index contributed by atoms with van der Waals surface area (Å²) in [5, 5.41) is 3.13. The fourth-order valence-corrected chi connectivity index (χ4v) is 1.89. The Balaban J connectivity index is 2.42. The van der Waals surface area contributed by atoms with Crippen molar-refractivity contribution in [3.63, 3.8) is 0 Å². The quantitative estimate of drug-likeness (QED) is 0.820. The molecule has 0 saturated carbocycles. The lowest BCUT2D eigenvalue weighted by atomic mass is 10.2. The summed E-state index contributed by atoms with van der Waals surface area (Å²) in [5.74, 6) is 1.92. The molecule has 112 valence electrons. The molecular weight excluding hydrogens is 296 g/mol. The van der Waals surface area contributed by atoms with E-state index in [4.69, 9.17) is 31.5 Å². The molecule has 0 saturated heterocycles. The van der Waals surface area contributed by atoms with E-state index in [0.717, 1.165) is 0 Å². The SMILES string of the molecule is COc1cc(Nc2nc(Cl)ncc2N)cc(OC)c1OC. The predicted octanol–water partition coefficient (Wildman–Crippen LogP) is 2.48. The van der Waals surface area contributed by atoms with Crippen LogP contribution in [0, 0.1) is 0 Å². The fourth-order valence-electron chi connectivity index (χ4n) is 1.76. The number of halogens is 1. The van der Waals surface area contributed by atoms with Crippen molar-refractivity contribution in [2.45, 2.75) is 0 Å². The van der Waals surface area contributed by atoms with Crippen LogP contribution in [0.25, 0.3) is 0 Å². The van der Waals surface area contributed by atoms with Crippen molar-refractivity contribution in [3.8, 4) is 17.2 Å². The van der Waals surface area contributed by atoms with Crippen molar-refractivity contribution < 1.29 is 14.2 Å². The zero-order chi connectivity index (χ0) is 15.4. The molecule has 0 bridgehead atoms. The minimum atomic E-state index is 0.0964. The Morgan fingerprint density at radius 1 is 1.10 bits per heavy atom. The summed E-state index contributed by atoms with van der Waals surface area (Å²) in [6, 6.07) is 3.47. The highest BCUT2D eigenvalue weighted by atomic mass is 35.5. The zero-order valence-corrected chi connectivity index (χ0v) is 12.6. The third kappa shape index (κ3) is 3.19. The molecule has 1 heterocycles. The maximum atomic E-state index is 5.80. The standard InChI is InChI=1S/C13H15ClN4O3/c1-19-9-4-7(5-10(20-2)11(9)21-3)17-12-8(15)6-16-13(14)18-12/h4-6H,15H2,1-3H3,(H,16,17,18). The second-order valence-corrected chi connectivity index (χ2v) is 4.32. The lowest BCUT2D eigenvalue weighted by Gasteiger charge is -2.15. The predicted molar refractivity (Wildman–Crippen MR) is 80.8 cm³/mol. The molecule has 8 heteroatoms. The first kappa shape index (κ1) is 15.0. The molecule has 0 spiro atoms. The molecule has 0 aliphatic heterocycles. The highest BCUT2D eigenvalue weighted by molar-refractivity contribution is 6.28. The molecule has 2 aromatic rings. The summed E-state index contributed by atoms with van der Waals surface area (Å²) < 4.78 is 15.8. The number of nitrogen functional groups attached to an aromatic ring is 1. The van der Waals surface area contributed by atoms with Crippen molar-refractivity contribution in [3.05, 3.63) is 23.6 Å². The van der Waals surface area contributed by atoms with Gasteiger partial charge in [-0.1, -0.05) is 0 Å². The molecule has 0 aliphatic carbocycles. The van der Waals surface area contributed by atoms with Gasteiger partial charge < -0.3 is 25.3 Å². The Morgan fingerprint density at radius 2 is 1.71 bits per heavy atom. The smallest absolute Gasteiger partial charge is 0.224 e. The van der Waals surface area contributed by atoms with E-state index >= 15 is 0 Å². The van der Waals surface area contributed by atoms with E-state index in [1.807, 2.05) is 0 Å². The molecule has 2 rings (SSSR count). The molecule has 0 radical (unpaired) electrons. The molecule has 0 fully saturated rings. The zero-order valence-electron chi connectivity index (χ0n) is 11.8. The highest BCUT2D eigenvalue weighted by Gasteiger charge is 2.14. The van der Waals surface area contributed by atoms with Crippen LogP contribution in [0.2, 0.25) is 5.28 Å². The number of nitrogens with two attached hydrogens (primary N) is 1. The lowest BCUT2D eigenvalue weighted by molar-refractivity contribution is 0.324. The molecule has 0 atom stereocenters. The van der Waals surface area contributed by atoms with Gasteiger partial charge in [-0.15, -0.1) is 0 Å². The number of hydrogen-bond donors (Lipinski definition) is 2. The van der Waals surface area contributed by atoms with E-state index in [-0.39, 0.29) is 5.28 Å². The van der Waals surface area contributed by atoms with Crippen LogP contribution in [0.15, 0.2) is 18.3 Å². The van der Waals surface area contributed by atoms with Gasteiger partial charge in [-0.2, -0.15) is 4.98 Å². The number of anilines is 3. The summed E-state index contributed by atoms with van der Waals surface area (Å²) in [4.78, 5) is 7.82. The Labute approximate surface area is 127 Å². The van der Waals surface area contributed by atoms with Crippen molar-refractivity contribution in [2.75, 3.05) is 32.4 Å². The fraction of sp³-hybridized carbons (Fsp3) is 0.231. The second kappa shape index (κ2) is 6.36. The average Bonchev–Trinajstić information content (AvgIpc) is 2.49. The third-order valence-electron chi connectivity index (χ3n) is 2.72. The van der Waals surface area contributed by atoms with Crippen LogP contribution in [-0.4, -0.2) is 31.3 Å². The number of nitrogens with one attached hydrogen (secondary N) is 1. The van der Waals surface area contributed by atoms with Crippen LogP contribution in [0.4, 0.5) is 17.2 Å². The highest BCUT2D eigenvalue weighted by Crippen LogP contribution is 2.40. The average molecular weight is 311 g/mol. The molecule has 0 aliphatic rings. The van der Waals surface area contributed by atoms with Crippen LogP contribution in [0.1, 0.15) is 0 Å². The van der Waals surface area contributed by atoms with Gasteiger partial charge in [0.2, 0.25) is 11.0 Å². The Kier molecular flexibility index (Phi) is 4.54. The monoisotopic (exact) mass is 310 g/mol. The maximum Gasteiger partial charge on any atom is 0.224 e. The van der Waals surface area contributed by atoms with Gasteiger partial charge >= 0.3 is 0 Å². The topological polar surface area (TPSA) is 91.5 Å². The first-order valence-electron chi connectivity index (χ1n) is 5.94. The number of ether oxygens (including phenoxy) is 3. The molecule has 7 nitrogen and oxygen atoms in total. The van der Waals surface area contributed by atoms with Crippen LogP contribution < -0.4 is 25.3 Å². The molecular formula is C13H15ClN4O3. The van der Waals surface area contributed by atoms with Crippen LogP contribution >= 0.6 is 11.6 Å². The summed E-state index contributed by atoms with van der Waals surface area (Å²) in [7, 11) is 4.61. The van der Waals surface area contributed by atoms with E-state index in [1.165, 1.54) is 27.5 Å². The minimum absolute atomic E-state index is 0.0964. The van der Waals surface area contributed by atoms with Gasteiger partial charge in [-0.05, 0) is 11.6 Å². The van der Waals surface area contributed by atoms with Gasteiger partial charge in [0.25, 0.3) is 0 Å². The summed E-state index contributed by atoms with van der Waals surface area (Å²) in [6.07, 6.45) is 1.43. The second-order valence-electron chi connectivity index (χ2n) is 3.98. The molecule has 1 aromatic carbocycles. The number of rotatable bonds is 5. The largest absolute Gasteiger partial charge is 0.493 e. The Hall–Kier alpha value is -2.41. The number of nitrogens with zero attached hydrogens (tertiary/aromatic N) is 2. The lowest BCUT2D eigenvalue weighted by Crippen LogP contribution is -2.02. The third-order valence-corrected chi connectivity index (χ3v) is 2.90. The summed E-state index contributed by atoms with van der Waals surface area (Å²) in [5.41, 5.74) is 6.83. The van der Waals surface area contributed by atoms with Crippen LogP contribution in [0.3, 0.4) is 0 Å². The molecule has 21 heavy (non-hydrogen) atoms. The first-order valence-corrected chi connectivity index (χ1v) is 6.32. The minimum Gasteiger partial charge on any atom is -0.493 e.